The summed E-state index contributed by atoms with van der Waals surface area (Å²) >= 11 is 11.8. The van der Waals surface area contributed by atoms with E-state index in [2.05, 4.69) is 5.32 Å². The predicted molar refractivity (Wildman–Crippen MR) is 106 cm³/mol. The Morgan fingerprint density at radius 1 is 1.08 bits per heavy atom. The van der Waals surface area contributed by atoms with Crippen molar-refractivity contribution in [3.8, 4) is 0 Å². The Hall–Kier alpha value is -2.30. The van der Waals surface area contributed by atoms with Crippen LogP contribution >= 0.6 is 23.2 Å². The van der Waals surface area contributed by atoms with Crippen LogP contribution in [-0.4, -0.2) is 18.0 Å². The summed E-state index contributed by atoms with van der Waals surface area (Å²) < 4.78 is 5.13. The van der Waals surface area contributed by atoms with Crippen LogP contribution in [0.5, 0.6) is 0 Å². The number of carbonyl (C=O) groups is 2. The van der Waals surface area contributed by atoms with E-state index in [1.807, 2.05) is 32.0 Å². The molecule has 0 saturated heterocycles. The van der Waals surface area contributed by atoms with E-state index in [0.717, 1.165) is 11.1 Å². The maximum absolute atomic E-state index is 12.2. The van der Waals surface area contributed by atoms with Crippen LogP contribution < -0.4 is 5.32 Å². The molecule has 1 N–H and O–H groups in total. The summed E-state index contributed by atoms with van der Waals surface area (Å²) in [7, 11) is 0. The summed E-state index contributed by atoms with van der Waals surface area (Å²) in [5.41, 5.74) is 3.43. The molecule has 0 aromatic heterocycles. The molecule has 0 saturated carbocycles. The fraction of sp³-hybridized carbons (Fsp3) is 0.200. The van der Waals surface area contributed by atoms with Gasteiger partial charge in [0.25, 0.3) is 5.91 Å². The van der Waals surface area contributed by atoms with Gasteiger partial charge in [-0.2, -0.15) is 0 Å². The molecule has 2 rings (SSSR count). The molecule has 26 heavy (non-hydrogen) atoms. The smallest absolute Gasteiger partial charge is 0.331 e. The van der Waals surface area contributed by atoms with E-state index >= 15 is 0 Å². The number of nitrogens with one attached hydrogen (secondary N) is 1. The zero-order chi connectivity index (χ0) is 19.3. The first-order valence-corrected chi connectivity index (χ1v) is 8.73. The van der Waals surface area contributed by atoms with Crippen LogP contribution in [0.3, 0.4) is 0 Å². The van der Waals surface area contributed by atoms with Crippen molar-refractivity contribution in [1.29, 1.82) is 0 Å². The van der Waals surface area contributed by atoms with Gasteiger partial charge in [-0.3, -0.25) is 4.79 Å². The summed E-state index contributed by atoms with van der Waals surface area (Å²) in [4.78, 5) is 24.1. The van der Waals surface area contributed by atoms with E-state index in [0.29, 0.717) is 21.3 Å². The molecule has 1 unspecified atom stereocenters. The highest BCUT2D eigenvalue weighted by Gasteiger charge is 2.17. The SMILES string of the molecule is Cc1ccc(NC(=O)C(C)OC(=O)/C=C/c2ccc(Cl)c(Cl)c2)c(C)c1. The van der Waals surface area contributed by atoms with Gasteiger partial charge in [0.1, 0.15) is 0 Å². The van der Waals surface area contributed by atoms with Crippen molar-refractivity contribution in [2.45, 2.75) is 26.9 Å². The molecule has 1 atom stereocenters. The molecule has 0 radical (unpaired) electrons. The fourth-order valence-corrected chi connectivity index (χ4v) is 2.54. The van der Waals surface area contributed by atoms with Crippen molar-refractivity contribution in [2.24, 2.45) is 0 Å². The zero-order valence-corrected chi connectivity index (χ0v) is 16.2. The highest BCUT2D eigenvalue weighted by Crippen LogP contribution is 2.23. The number of benzene rings is 2. The van der Waals surface area contributed by atoms with Crippen molar-refractivity contribution in [3.05, 3.63) is 69.2 Å². The lowest BCUT2D eigenvalue weighted by molar-refractivity contribution is -0.148. The number of esters is 1. The Morgan fingerprint density at radius 2 is 1.81 bits per heavy atom. The number of carbonyl (C=O) groups excluding carboxylic acids is 2. The molecule has 0 heterocycles. The average molecular weight is 392 g/mol. The predicted octanol–water partition coefficient (Wildman–Crippen LogP) is 5.19. The van der Waals surface area contributed by atoms with Gasteiger partial charge in [0.05, 0.1) is 10.0 Å². The molecule has 0 bridgehead atoms. The Bertz CT molecular complexity index is 862. The van der Waals surface area contributed by atoms with Crippen LogP contribution in [0.1, 0.15) is 23.6 Å². The molecule has 0 aliphatic rings. The van der Waals surface area contributed by atoms with Gasteiger partial charge in [-0.05, 0) is 56.2 Å². The quantitative estimate of drug-likeness (QED) is 0.563. The first kappa shape index (κ1) is 20.0. The number of ether oxygens (including phenoxy) is 1. The van der Waals surface area contributed by atoms with Gasteiger partial charge in [-0.1, -0.05) is 47.0 Å². The molecule has 0 spiro atoms. The summed E-state index contributed by atoms with van der Waals surface area (Å²) in [6.07, 6.45) is 1.85. The lowest BCUT2D eigenvalue weighted by atomic mass is 10.1. The number of hydrogen-bond acceptors (Lipinski definition) is 3. The summed E-state index contributed by atoms with van der Waals surface area (Å²) in [6.45, 7) is 5.40. The first-order chi connectivity index (χ1) is 12.3. The van der Waals surface area contributed by atoms with Crippen molar-refractivity contribution >= 4 is 46.8 Å². The minimum atomic E-state index is -0.929. The molecular weight excluding hydrogens is 373 g/mol. The maximum atomic E-state index is 12.2. The van der Waals surface area contributed by atoms with E-state index in [1.54, 1.807) is 24.3 Å². The molecule has 6 heteroatoms. The van der Waals surface area contributed by atoms with E-state index in [1.165, 1.54) is 13.0 Å². The maximum Gasteiger partial charge on any atom is 0.331 e. The first-order valence-electron chi connectivity index (χ1n) is 7.98. The number of aryl methyl sites for hydroxylation is 2. The van der Waals surface area contributed by atoms with Crippen molar-refractivity contribution in [1.82, 2.24) is 0 Å². The third-order valence-corrected chi connectivity index (χ3v) is 4.40. The Labute approximate surface area is 162 Å². The van der Waals surface area contributed by atoms with Crippen LogP contribution in [0, 0.1) is 13.8 Å². The molecular formula is C20H19Cl2NO3. The topological polar surface area (TPSA) is 55.4 Å². The molecule has 0 fully saturated rings. The number of hydrogen-bond donors (Lipinski definition) is 1. The van der Waals surface area contributed by atoms with E-state index < -0.39 is 18.0 Å². The highest BCUT2D eigenvalue weighted by molar-refractivity contribution is 6.42. The van der Waals surface area contributed by atoms with Gasteiger partial charge < -0.3 is 10.1 Å². The lowest BCUT2D eigenvalue weighted by Gasteiger charge is -2.14. The third kappa shape index (κ3) is 5.61. The van der Waals surface area contributed by atoms with Gasteiger partial charge in [-0.25, -0.2) is 4.79 Å². The van der Waals surface area contributed by atoms with Crippen molar-refractivity contribution in [2.75, 3.05) is 5.32 Å². The molecule has 0 aliphatic heterocycles. The minimum Gasteiger partial charge on any atom is -0.449 e. The van der Waals surface area contributed by atoms with Crippen molar-refractivity contribution < 1.29 is 14.3 Å². The summed E-state index contributed by atoms with van der Waals surface area (Å²) in [5.74, 6) is -1.02. The standard InChI is InChI=1S/C20H19Cl2NO3/c1-12-4-8-18(13(2)10-12)23-20(25)14(3)26-19(24)9-6-15-5-7-16(21)17(22)11-15/h4-11,14H,1-3H3,(H,23,25)/b9-6+. The summed E-state index contributed by atoms with van der Waals surface area (Å²) in [5, 5.41) is 3.58. The van der Waals surface area contributed by atoms with Gasteiger partial charge in [0, 0.05) is 11.8 Å². The molecule has 1 amide bonds. The lowest BCUT2D eigenvalue weighted by Crippen LogP contribution is -2.29. The van der Waals surface area contributed by atoms with E-state index in [-0.39, 0.29) is 0 Å². The normalized spacial score (nSPS) is 12.0. The van der Waals surface area contributed by atoms with Crippen LogP contribution in [0.4, 0.5) is 5.69 Å². The second-order valence-corrected chi connectivity index (χ2v) is 6.71. The number of amides is 1. The number of rotatable bonds is 5. The Balaban J connectivity index is 1.94. The average Bonchev–Trinajstić information content (AvgIpc) is 2.58. The van der Waals surface area contributed by atoms with Gasteiger partial charge in [0.2, 0.25) is 0 Å². The van der Waals surface area contributed by atoms with Crippen LogP contribution in [-0.2, 0) is 14.3 Å². The van der Waals surface area contributed by atoms with E-state index in [4.69, 9.17) is 27.9 Å². The van der Waals surface area contributed by atoms with Gasteiger partial charge in [0.15, 0.2) is 6.10 Å². The second kappa shape index (κ2) is 8.88. The monoisotopic (exact) mass is 391 g/mol. The summed E-state index contributed by atoms with van der Waals surface area (Å²) in [6, 6.07) is 10.7. The van der Waals surface area contributed by atoms with E-state index in [9.17, 15) is 9.59 Å². The molecule has 0 aliphatic carbocycles. The number of halogens is 2. The van der Waals surface area contributed by atoms with Gasteiger partial charge >= 0.3 is 5.97 Å². The van der Waals surface area contributed by atoms with Crippen LogP contribution in [0.25, 0.3) is 6.08 Å². The second-order valence-electron chi connectivity index (χ2n) is 5.89. The van der Waals surface area contributed by atoms with Gasteiger partial charge in [-0.15, -0.1) is 0 Å². The molecule has 2 aromatic carbocycles. The molecule has 2 aromatic rings. The molecule has 136 valence electrons. The van der Waals surface area contributed by atoms with Crippen molar-refractivity contribution in [3.63, 3.8) is 0 Å². The minimum absolute atomic E-state index is 0.392. The third-order valence-electron chi connectivity index (χ3n) is 3.66. The van der Waals surface area contributed by atoms with Crippen LogP contribution in [0.2, 0.25) is 10.0 Å². The Kier molecular flexibility index (Phi) is 6.83. The fourth-order valence-electron chi connectivity index (χ4n) is 2.24. The van der Waals surface area contributed by atoms with Crippen LogP contribution in [0.15, 0.2) is 42.5 Å². The highest BCUT2D eigenvalue weighted by atomic mass is 35.5. The Morgan fingerprint density at radius 3 is 2.46 bits per heavy atom. The largest absolute Gasteiger partial charge is 0.449 e. The zero-order valence-electron chi connectivity index (χ0n) is 14.7. The number of anilines is 1. The molecule has 4 nitrogen and oxygen atoms in total.